The molecule has 1 saturated carbocycles. The van der Waals surface area contributed by atoms with Crippen LogP contribution in [0.15, 0.2) is 0 Å². The van der Waals surface area contributed by atoms with Gasteiger partial charge < -0.3 is 4.74 Å². The third kappa shape index (κ3) is 2.80. The van der Waals surface area contributed by atoms with Gasteiger partial charge in [-0.05, 0) is 24.7 Å². The lowest BCUT2D eigenvalue weighted by Crippen LogP contribution is -2.38. The van der Waals surface area contributed by atoms with E-state index in [1.807, 2.05) is 0 Å². The summed E-state index contributed by atoms with van der Waals surface area (Å²) in [7, 11) is 0. The molecule has 0 heterocycles. The first-order valence-corrected chi connectivity index (χ1v) is 5.67. The molecule has 0 bridgehead atoms. The summed E-state index contributed by atoms with van der Waals surface area (Å²) in [5.41, 5.74) is 0. The monoisotopic (exact) mass is 212 g/mol. The van der Waals surface area contributed by atoms with E-state index < -0.39 is 0 Å². The summed E-state index contributed by atoms with van der Waals surface area (Å²) in [6.07, 6.45) is 2.04. The Labute approximate surface area is 91.2 Å². The third-order valence-electron chi connectivity index (χ3n) is 3.50. The molecule has 0 amide bonds. The molecule has 0 N–H and O–H groups in total. The zero-order valence-corrected chi connectivity index (χ0v) is 9.73. The van der Waals surface area contributed by atoms with Crippen molar-refractivity contribution in [1.82, 2.24) is 0 Å². The van der Waals surface area contributed by atoms with E-state index in [9.17, 15) is 9.59 Å². The van der Waals surface area contributed by atoms with Crippen LogP contribution in [0.5, 0.6) is 0 Å². The van der Waals surface area contributed by atoms with E-state index in [-0.39, 0.29) is 24.2 Å². The molecule has 0 saturated heterocycles. The van der Waals surface area contributed by atoms with Gasteiger partial charge in [-0.25, -0.2) is 0 Å². The Morgan fingerprint density at radius 3 is 2.67 bits per heavy atom. The van der Waals surface area contributed by atoms with Crippen molar-refractivity contribution in [3.8, 4) is 0 Å². The van der Waals surface area contributed by atoms with Crippen LogP contribution in [0.2, 0.25) is 0 Å². The van der Waals surface area contributed by atoms with Gasteiger partial charge in [0.2, 0.25) is 0 Å². The summed E-state index contributed by atoms with van der Waals surface area (Å²) in [6.45, 7) is 6.91. The van der Waals surface area contributed by atoms with Gasteiger partial charge in [0.1, 0.15) is 12.4 Å². The van der Waals surface area contributed by atoms with Gasteiger partial charge in [0, 0.05) is 5.92 Å². The summed E-state index contributed by atoms with van der Waals surface area (Å²) in [4.78, 5) is 22.2. The Balaban J connectivity index is 2.65. The van der Waals surface area contributed by atoms with E-state index in [0.717, 1.165) is 12.8 Å². The zero-order chi connectivity index (χ0) is 11.4. The second kappa shape index (κ2) is 5.29. The Bertz CT molecular complexity index is 235. The molecule has 0 aromatic carbocycles. The molecule has 3 nitrogen and oxygen atoms in total. The quantitative estimate of drug-likeness (QED) is 0.670. The second-order valence-electron chi connectivity index (χ2n) is 4.84. The first-order valence-electron chi connectivity index (χ1n) is 5.67. The maximum absolute atomic E-state index is 12.1. The number of hydrogen-bond acceptors (Lipinski definition) is 3. The summed E-state index contributed by atoms with van der Waals surface area (Å²) < 4.78 is 4.74. The Morgan fingerprint density at radius 1 is 1.47 bits per heavy atom. The predicted octanol–water partition coefficient (Wildman–Crippen LogP) is 2.05. The standard InChI is InChI=1S/C12H20O3/c1-8(2)10-5-4-9(3)11(12(10)14)6-15-7-13/h7-11H,4-6H2,1-3H3/t9-,10-,11-/m0/s1. The van der Waals surface area contributed by atoms with Gasteiger partial charge in [0.15, 0.2) is 0 Å². The van der Waals surface area contributed by atoms with Crippen molar-refractivity contribution in [2.24, 2.45) is 23.7 Å². The van der Waals surface area contributed by atoms with E-state index in [1.165, 1.54) is 0 Å². The maximum Gasteiger partial charge on any atom is 0.293 e. The Hall–Kier alpha value is -0.860. The van der Waals surface area contributed by atoms with Crippen LogP contribution in [-0.2, 0) is 14.3 Å². The minimum Gasteiger partial charge on any atom is -0.467 e. The van der Waals surface area contributed by atoms with Gasteiger partial charge in [0.05, 0.1) is 5.92 Å². The van der Waals surface area contributed by atoms with Gasteiger partial charge in [-0.2, -0.15) is 0 Å². The lowest BCUT2D eigenvalue weighted by atomic mass is 9.70. The molecule has 0 unspecified atom stereocenters. The molecule has 1 aliphatic carbocycles. The molecule has 3 atom stereocenters. The molecular formula is C12H20O3. The average molecular weight is 212 g/mol. The largest absolute Gasteiger partial charge is 0.467 e. The highest BCUT2D eigenvalue weighted by atomic mass is 16.5. The minimum absolute atomic E-state index is 0.0867. The molecule has 3 heteroatoms. The van der Waals surface area contributed by atoms with Crippen molar-refractivity contribution in [2.45, 2.75) is 33.6 Å². The molecule has 1 fully saturated rings. The fourth-order valence-electron chi connectivity index (χ4n) is 2.39. The van der Waals surface area contributed by atoms with Gasteiger partial charge in [-0.3, -0.25) is 9.59 Å². The number of ketones is 1. The summed E-state index contributed by atoms with van der Waals surface area (Å²) in [6, 6.07) is 0. The summed E-state index contributed by atoms with van der Waals surface area (Å²) in [5, 5.41) is 0. The van der Waals surface area contributed by atoms with Gasteiger partial charge in [-0.1, -0.05) is 20.8 Å². The maximum atomic E-state index is 12.1. The number of rotatable bonds is 4. The lowest BCUT2D eigenvalue weighted by molar-refractivity contribution is -0.139. The smallest absolute Gasteiger partial charge is 0.293 e. The molecule has 0 radical (unpaired) electrons. The van der Waals surface area contributed by atoms with Crippen molar-refractivity contribution >= 4 is 12.3 Å². The van der Waals surface area contributed by atoms with E-state index in [1.54, 1.807) is 0 Å². The van der Waals surface area contributed by atoms with Crippen LogP contribution >= 0.6 is 0 Å². The highest BCUT2D eigenvalue weighted by molar-refractivity contribution is 5.84. The number of carbonyl (C=O) groups excluding carboxylic acids is 2. The molecule has 15 heavy (non-hydrogen) atoms. The van der Waals surface area contributed by atoms with E-state index in [4.69, 9.17) is 4.74 Å². The molecule has 86 valence electrons. The molecule has 1 rings (SSSR count). The molecule has 0 aromatic heterocycles. The topological polar surface area (TPSA) is 43.4 Å². The van der Waals surface area contributed by atoms with E-state index in [2.05, 4.69) is 20.8 Å². The molecule has 0 spiro atoms. The number of Topliss-reactive ketones (excluding diaryl/α,β-unsaturated/α-hetero) is 1. The van der Waals surface area contributed by atoms with Crippen molar-refractivity contribution < 1.29 is 14.3 Å². The molecule has 0 aliphatic heterocycles. The highest BCUT2D eigenvalue weighted by Gasteiger charge is 2.37. The SMILES string of the molecule is CC(C)[C@@H]1CC[C@H](C)[C@H](COC=O)C1=O. The van der Waals surface area contributed by atoms with Crippen molar-refractivity contribution in [3.05, 3.63) is 0 Å². The van der Waals surface area contributed by atoms with Gasteiger partial charge >= 0.3 is 0 Å². The van der Waals surface area contributed by atoms with Crippen molar-refractivity contribution in [1.29, 1.82) is 0 Å². The lowest BCUT2D eigenvalue weighted by Gasteiger charge is -2.34. The summed E-state index contributed by atoms with van der Waals surface area (Å²) in [5.74, 6) is 1.08. The van der Waals surface area contributed by atoms with E-state index >= 15 is 0 Å². The minimum atomic E-state index is -0.0867. The number of hydrogen-bond donors (Lipinski definition) is 0. The fraction of sp³-hybridized carbons (Fsp3) is 0.833. The van der Waals surface area contributed by atoms with Crippen LogP contribution in [-0.4, -0.2) is 18.9 Å². The van der Waals surface area contributed by atoms with Crippen molar-refractivity contribution in [2.75, 3.05) is 6.61 Å². The Kier molecular flexibility index (Phi) is 4.30. The molecule has 0 aromatic rings. The summed E-state index contributed by atoms with van der Waals surface area (Å²) >= 11 is 0. The van der Waals surface area contributed by atoms with Crippen LogP contribution in [0.4, 0.5) is 0 Å². The van der Waals surface area contributed by atoms with Crippen LogP contribution in [0.1, 0.15) is 33.6 Å². The van der Waals surface area contributed by atoms with Gasteiger partial charge in [-0.15, -0.1) is 0 Å². The first kappa shape index (κ1) is 12.2. The fourth-order valence-corrected chi connectivity index (χ4v) is 2.39. The molecular weight excluding hydrogens is 192 g/mol. The van der Waals surface area contributed by atoms with Crippen molar-refractivity contribution in [3.63, 3.8) is 0 Å². The van der Waals surface area contributed by atoms with Crippen LogP contribution in [0.25, 0.3) is 0 Å². The highest BCUT2D eigenvalue weighted by Crippen LogP contribution is 2.34. The second-order valence-corrected chi connectivity index (χ2v) is 4.84. The average Bonchev–Trinajstić information content (AvgIpc) is 2.17. The Morgan fingerprint density at radius 2 is 2.13 bits per heavy atom. The van der Waals surface area contributed by atoms with Crippen LogP contribution in [0.3, 0.4) is 0 Å². The van der Waals surface area contributed by atoms with Gasteiger partial charge in [0.25, 0.3) is 6.47 Å². The molecule has 1 aliphatic rings. The van der Waals surface area contributed by atoms with Crippen LogP contribution < -0.4 is 0 Å². The number of carbonyl (C=O) groups is 2. The normalized spacial score (nSPS) is 31.7. The van der Waals surface area contributed by atoms with Crippen LogP contribution in [0, 0.1) is 23.7 Å². The third-order valence-corrected chi connectivity index (χ3v) is 3.50. The van der Waals surface area contributed by atoms with E-state index in [0.29, 0.717) is 18.3 Å². The first-order chi connectivity index (χ1) is 7.07. The zero-order valence-electron chi connectivity index (χ0n) is 9.73. The predicted molar refractivity (Wildman–Crippen MR) is 57.2 cm³/mol. The number of ether oxygens (including phenoxy) is 1.